The highest BCUT2D eigenvalue weighted by atomic mass is 79.9. The van der Waals surface area contributed by atoms with Gasteiger partial charge in [0, 0.05) is 23.7 Å². The molecule has 3 aromatic carbocycles. The fourth-order valence-electron chi connectivity index (χ4n) is 4.87. The maximum atomic E-state index is 11.3. The Bertz CT molecular complexity index is 1350. The fraction of sp³-hybridized carbons (Fsp3) is 0.231. The van der Waals surface area contributed by atoms with E-state index in [4.69, 9.17) is 32.7 Å². The predicted molar refractivity (Wildman–Crippen MR) is 141 cm³/mol. The van der Waals surface area contributed by atoms with Gasteiger partial charge in [0.15, 0.2) is 11.5 Å². The molecule has 0 aromatic heterocycles. The zero-order valence-corrected chi connectivity index (χ0v) is 21.7. The second-order valence-corrected chi connectivity index (χ2v) is 10.2. The molecule has 1 aliphatic carbocycles. The SMILES string of the molecule is COc1cc(C2Nc3ccc([N+](=O)[O-])cc3C3C=CCC32)cc(Br)c1OCc1ccc(Cl)c(Cl)c1. The van der Waals surface area contributed by atoms with Gasteiger partial charge in [-0.15, -0.1) is 0 Å². The van der Waals surface area contributed by atoms with Crippen molar-refractivity contribution in [3.05, 3.63) is 102 Å². The van der Waals surface area contributed by atoms with Gasteiger partial charge in [-0.25, -0.2) is 0 Å². The molecule has 0 fully saturated rings. The lowest BCUT2D eigenvalue weighted by atomic mass is 9.77. The van der Waals surface area contributed by atoms with E-state index in [1.165, 1.54) is 0 Å². The van der Waals surface area contributed by atoms with Gasteiger partial charge in [0.05, 0.1) is 32.6 Å². The molecule has 0 spiro atoms. The highest BCUT2D eigenvalue weighted by Crippen LogP contribution is 2.52. The first kappa shape index (κ1) is 24.0. The van der Waals surface area contributed by atoms with Crippen LogP contribution in [0.2, 0.25) is 10.0 Å². The smallest absolute Gasteiger partial charge is 0.269 e. The summed E-state index contributed by atoms with van der Waals surface area (Å²) in [6.07, 6.45) is 5.18. The number of methoxy groups -OCH3 is 1. The largest absolute Gasteiger partial charge is 0.493 e. The molecule has 3 aromatic rings. The van der Waals surface area contributed by atoms with Crippen molar-refractivity contribution in [1.29, 1.82) is 0 Å². The number of nitrogens with zero attached hydrogens (tertiary/aromatic N) is 1. The predicted octanol–water partition coefficient (Wildman–Crippen LogP) is 8.08. The second kappa shape index (κ2) is 9.72. The van der Waals surface area contributed by atoms with E-state index >= 15 is 0 Å². The van der Waals surface area contributed by atoms with Gasteiger partial charge in [0.25, 0.3) is 5.69 Å². The monoisotopic (exact) mass is 574 g/mol. The Hall–Kier alpha value is -2.74. The number of nitro groups is 1. The average molecular weight is 576 g/mol. The van der Waals surface area contributed by atoms with Crippen LogP contribution in [0.3, 0.4) is 0 Å². The van der Waals surface area contributed by atoms with E-state index in [1.54, 1.807) is 37.4 Å². The Morgan fingerprint density at radius 1 is 1.14 bits per heavy atom. The summed E-state index contributed by atoms with van der Waals surface area (Å²) >= 11 is 15.8. The molecule has 0 bridgehead atoms. The minimum atomic E-state index is -0.348. The lowest BCUT2D eigenvalue weighted by Gasteiger charge is -2.37. The number of fused-ring (bicyclic) bond motifs is 3. The van der Waals surface area contributed by atoms with Crippen molar-refractivity contribution in [2.24, 2.45) is 5.92 Å². The molecule has 1 heterocycles. The molecule has 35 heavy (non-hydrogen) atoms. The first-order valence-electron chi connectivity index (χ1n) is 11.0. The van der Waals surface area contributed by atoms with Gasteiger partial charge >= 0.3 is 0 Å². The van der Waals surface area contributed by atoms with Crippen LogP contribution in [0.15, 0.2) is 65.2 Å². The number of halogens is 3. The van der Waals surface area contributed by atoms with Crippen LogP contribution in [-0.4, -0.2) is 12.0 Å². The normalized spacial score (nSPS) is 20.1. The molecule has 1 N–H and O–H groups in total. The molecule has 3 unspecified atom stereocenters. The van der Waals surface area contributed by atoms with Crippen LogP contribution in [0.25, 0.3) is 0 Å². The third-order valence-corrected chi connectivity index (χ3v) is 7.86. The van der Waals surface area contributed by atoms with Crippen LogP contribution >= 0.6 is 39.1 Å². The van der Waals surface area contributed by atoms with Crippen LogP contribution in [-0.2, 0) is 6.61 Å². The Morgan fingerprint density at radius 2 is 1.97 bits per heavy atom. The number of rotatable bonds is 6. The lowest BCUT2D eigenvalue weighted by molar-refractivity contribution is -0.384. The van der Waals surface area contributed by atoms with Crippen LogP contribution in [0.5, 0.6) is 11.5 Å². The third-order valence-electron chi connectivity index (χ3n) is 6.54. The molecule has 0 radical (unpaired) electrons. The molecule has 1 aliphatic heterocycles. The molecule has 2 aliphatic rings. The number of allylic oxidation sites excluding steroid dienone is 2. The number of benzene rings is 3. The summed E-state index contributed by atoms with van der Waals surface area (Å²) in [5.41, 5.74) is 3.90. The lowest BCUT2D eigenvalue weighted by Crippen LogP contribution is -2.29. The van der Waals surface area contributed by atoms with Crippen molar-refractivity contribution in [2.45, 2.75) is 25.0 Å². The van der Waals surface area contributed by atoms with Gasteiger partial charge in [0.2, 0.25) is 0 Å². The Kier molecular flexibility index (Phi) is 6.66. The van der Waals surface area contributed by atoms with E-state index in [1.807, 2.05) is 18.2 Å². The maximum Gasteiger partial charge on any atom is 0.269 e. The number of hydrogen-bond donors (Lipinski definition) is 1. The van der Waals surface area contributed by atoms with E-state index in [2.05, 4.69) is 33.4 Å². The molecular formula is C26H21BrCl2N2O4. The van der Waals surface area contributed by atoms with Crippen molar-refractivity contribution in [3.8, 4) is 11.5 Å². The summed E-state index contributed by atoms with van der Waals surface area (Å²) in [6, 6.07) is 14.4. The highest BCUT2D eigenvalue weighted by Gasteiger charge is 2.39. The minimum absolute atomic E-state index is 0.00159. The maximum absolute atomic E-state index is 11.3. The summed E-state index contributed by atoms with van der Waals surface area (Å²) in [6.45, 7) is 0.299. The van der Waals surface area contributed by atoms with Crippen molar-refractivity contribution >= 4 is 50.5 Å². The quantitative estimate of drug-likeness (QED) is 0.183. The third kappa shape index (κ3) is 4.60. The fourth-order valence-corrected chi connectivity index (χ4v) is 5.76. The number of non-ortho nitro benzene ring substituents is 1. The highest BCUT2D eigenvalue weighted by molar-refractivity contribution is 9.10. The summed E-state index contributed by atoms with van der Waals surface area (Å²) in [5.74, 6) is 1.53. The number of anilines is 1. The standard InChI is InChI=1S/C26H21BrCl2N2O4/c1-34-24-11-15(10-20(27)26(24)35-13-14-5-7-21(28)22(29)9-14)25-18-4-2-3-17(18)19-12-16(31(32)33)6-8-23(19)30-25/h2-3,5-12,17-18,25,30H,4,13H2,1H3. The molecule has 180 valence electrons. The molecule has 3 atom stereocenters. The van der Waals surface area contributed by atoms with Gasteiger partial charge in [-0.05, 0) is 75.3 Å². The van der Waals surface area contributed by atoms with Gasteiger partial charge in [-0.3, -0.25) is 10.1 Å². The van der Waals surface area contributed by atoms with Crippen LogP contribution in [0.4, 0.5) is 11.4 Å². The first-order valence-corrected chi connectivity index (χ1v) is 12.6. The van der Waals surface area contributed by atoms with Gasteiger partial charge in [-0.1, -0.05) is 41.4 Å². The van der Waals surface area contributed by atoms with Gasteiger partial charge in [0.1, 0.15) is 6.61 Å². The molecule has 0 saturated carbocycles. The first-order chi connectivity index (χ1) is 16.9. The molecule has 5 rings (SSSR count). The van der Waals surface area contributed by atoms with Gasteiger partial charge in [-0.2, -0.15) is 0 Å². The van der Waals surface area contributed by atoms with E-state index in [0.717, 1.165) is 33.3 Å². The summed E-state index contributed by atoms with van der Waals surface area (Å²) in [7, 11) is 1.61. The number of nitrogens with one attached hydrogen (secondary N) is 1. The van der Waals surface area contributed by atoms with Crippen molar-refractivity contribution < 1.29 is 14.4 Å². The molecule has 9 heteroatoms. The van der Waals surface area contributed by atoms with Crippen molar-refractivity contribution in [3.63, 3.8) is 0 Å². The van der Waals surface area contributed by atoms with E-state index in [0.29, 0.717) is 28.2 Å². The van der Waals surface area contributed by atoms with Crippen molar-refractivity contribution in [2.75, 3.05) is 12.4 Å². The Balaban J connectivity index is 1.44. The van der Waals surface area contributed by atoms with E-state index in [9.17, 15) is 10.1 Å². The van der Waals surface area contributed by atoms with Gasteiger partial charge < -0.3 is 14.8 Å². The molecule has 6 nitrogen and oxygen atoms in total. The molecular weight excluding hydrogens is 555 g/mol. The van der Waals surface area contributed by atoms with Crippen LogP contribution < -0.4 is 14.8 Å². The molecule has 0 saturated heterocycles. The van der Waals surface area contributed by atoms with Crippen LogP contribution in [0.1, 0.15) is 35.1 Å². The molecule has 0 amide bonds. The topological polar surface area (TPSA) is 73.6 Å². The summed E-state index contributed by atoms with van der Waals surface area (Å²) in [4.78, 5) is 11.0. The Labute approximate surface area is 221 Å². The Morgan fingerprint density at radius 3 is 2.71 bits per heavy atom. The van der Waals surface area contributed by atoms with Crippen molar-refractivity contribution in [1.82, 2.24) is 0 Å². The van der Waals surface area contributed by atoms with E-state index < -0.39 is 0 Å². The minimum Gasteiger partial charge on any atom is -0.493 e. The van der Waals surface area contributed by atoms with Crippen LogP contribution in [0, 0.1) is 16.0 Å². The van der Waals surface area contributed by atoms with E-state index in [-0.39, 0.29) is 28.5 Å². The summed E-state index contributed by atoms with van der Waals surface area (Å²) < 4.78 is 12.6. The zero-order chi connectivity index (χ0) is 24.7. The number of nitro benzene ring substituents is 1. The number of ether oxygens (including phenoxy) is 2. The summed E-state index contributed by atoms with van der Waals surface area (Å²) in [5, 5.41) is 15.9. The number of hydrogen-bond acceptors (Lipinski definition) is 5. The zero-order valence-electron chi connectivity index (χ0n) is 18.6. The average Bonchev–Trinajstić information content (AvgIpc) is 3.34. The second-order valence-electron chi connectivity index (χ2n) is 8.58.